The van der Waals surface area contributed by atoms with E-state index in [-0.39, 0.29) is 34.8 Å². The lowest BCUT2D eigenvalue weighted by molar-refractivity contribution is -0.0515. The molecule has 7 heteroatoms. The minimum Gasteiger partial charge on any atom is -0.490 e. The highest BCUT2D eigenvalue weighted by Crippen LogP contribution is 2.34. The highest BCUT2D eigenvalue weighted by Gasteiger charge is 2.18. The minimum absolute atomic E-state index is 0.0952. The van der Waals surface area contributed by atoms with Crippen LogP contribution in [0.1, 0.15) is 22.8 Å². The molecule has 2 rings (SSSR count). The summed E-state index contributed by atoms with van der Waals surface area (Å²) < 4.78 is 35.3. The van der Waals surface area contributed by atoms with Crippen LogP contribution in [0.2, 0.25) is 5.02 Å². The molecule has 0 heterocycles. The molecule has 0 saturated heterocycles. The number of halogens is 3. The number of benzene rings is 2. The Bertz CT molecular complexity index is 858. The van der Waals surface area contributed by atoms with E-state index in [0.29, 0.717) is 5.02 Å². The SMILES string of the molecule is CCOc1cccc(/C=C(\C#N)C(=O)c2ccc(Cl)cc2)c1OC(F)F. The molecule has 4 nitrogen and oxygen atoms in total. The second kappa shape index (κ2) is 8.97. The molecular weight excluding hydrogens is 364 g/mol. The van der Waals surface area contributed by atoms with Crippen molar-refractivity contribution in [2.45, 2.75) is 13.5 Å². The molecule has 0 aromatic heterocycles. The van der Waals surface area contributed by atoms with Gasteiger partial charge >= 0.3 is 6.61 Å². The number of alkyl halides is 2. The number of rotatable bonds is 7. The van der Waals surface area contributed by atoms with Crippen LogP contribution in [0.5, 0.6) is 11.5 Å². The largest absolute Gasteiger partial charge is 0.490 e. The summed E-state index contributed by atoms with van der Waals surface area (Å²) in [7, 11) is 0. The molecule has 2 aromatic carbocycles. The first-order valence-corrected chi connectivity index (χ1v) is 7.96. The Kier molecular flexibility index (Phi) is 6.70. The van der Waals surface area contributed by atoms with Gasteiger partial charge in [-0.2, -0.15) is 14.0 Å². The van der Waals surface area contributed by atoms with Gasteiger partial charge < -0.3 is 9.47 Å². The molecule has 0 amide bonds. The number of carbonyl (C=O) groups is 1. The fourth-order valence-corrected chi connectivity index (χ4v) is 2.32. The molecule has 0 atom stereocenters. The van der Waals surface area contributed by atoms with E-state index in [1.165, 1.54) is 42.5 Å². The zero-order valence-corrected chi connectivity index (χ0v) is 14.5. The molecule has 0 aliphatic rings. The summed E-state index contributed by atoms with van der Waals surface area (Å²) in [5, 5.41) is 9.78. The molecule has 134 valence electrons. The van der Waals surface area contributed by atoms with Crippen LogP contribution in [0.25, 0.3) is 6.08 Å². The molecule has 0 radical (unpaired) electrons. The Hall–Kier alpha value is -2.91. The van der Waals surface area contributed by atoms with Gasteiger partial charge in [0.25, 0.3) is 0 Å². The van der Waals surface area contributed by atoms with E-state index in [4.69, 9.17) is 16.3 Å². The first-order valence-electron chi connectivity index (χ1n) is 7.59. The second-order valence-corrected chi connectivity index (χ2v) is 5.43. The lowest BCUT2D eigenvalue weighted by Crippen LogP contribution is -2.07. The summed E-state index contributed by atoms with van der Waals surface area (Å²) in [5.41, 5.74) is 0.148. The fourth-order valence-electron chi connectivity index (χ4n) is 2.19. The normalized spacial score (nSPS) is 11.2. The summed E-state index contributed by atoms with van der Waals surface area (Å²) >= 11 is 5.78. The number of carbonyl (C=O) groups excluding carboxylic acids is 1. The average molecular weight is 378 g/mol. The number of ketones is 1. The maximum atomic E-state index is 12.8. The fraction of sp³-hybridized carbons (Fsp3) is 0.158. The van der Waals surface area contributed by atoms with Crippen molar-refractivity contribution in [3.63, 3.8) is 0 Å². The molecule has 0 saturated carbocycles. The van der Waals surface area contributed by atoms with E-state index < -0.39 is 12.4 Å². The topological polar surface area (TPSA) is 59.3 Å². The third-order valence-corrected chi connectivity index (χ3v) is 3.54. The van der Waals surface area contributed by atoms with E-state index in [2.05, 4.69) is 4.74 Å². The van der Waals surface area contributed by atoms with Gasteiger partial charge in [-0.15, -0.1) is 0 Å². The summed E-state index contributed by atoms with van der Waals surface area (Å²) in [4.78, 5) is 12.5. The molecule has 2 aromatic rings. The molecule has 0 unspecified atom stereocenters. The summed E-state index contributed by atoms with van der Waals surface area (Å²) in [6, 6.07) is 12.2. The van der Waals surface area contributed by atoms with Gasteiger partial charge in [0, 0.05) is 16.1 Å². The van der Waals surface area contributed by atoms with Crippen molar-refractivity contribution in [1.29, 1.82) is 5.26 Å². The smallest absolute Gasteiger partial charge is 0.387 e. The van der Waals surface area contributed by atoms with Crippen molar-refractivity contribution in [1.82, 2.24) is 0 Å². The van der Waals surface area contributed by atoms with Crippen molar-refractivity contribution in [2.24, 2.45) is 0 Å². The van der Waals surface area contributed by atoms with E-state index in [1.807, 2.05) is 0 Å². The molecule has 0 spiro atoms. The predicted octanol–water partition coefficient (Wildman–Crippen LogP) is 5.13. The number of nitrogens with zero attached hydrogens (tertiary/aromatic N) is 1. The minimum atomic E-state index is -3.08. The maximum absolute atomic E-state index is 12.8. The first-order chi connectivity index (χ1) is 12.5. The number of Topliss-reactive ketones (excluding diaryl/α,β-unsaturated/α-hetero) is 1. The molecule has 0 N–H and O–H groups in total. The zero-order chi connectivity index (χ0) is 19.1. The quantitative estimate of drug-likeness (QED) is 0.381. The number of ether oxygens (including phenoxy) is 2. The molecule has 0 aliphatic carbocycles. The standard InChI is InChI=1S/C19H14ClF2NO3/c1-2-25-16-5-3-4-13(18(16)26-19(21)22)10-14(11-23)17(24)12-6-8-15(20)9-7-12/h3-10,19H,2H2,1H3/b14-10+. The van der Waals surface area contributed by atoms with Crippen LogP contribution in [-0.2, 0) is 0 Å². The van der Waals surface area contributed by atoms with E-state index >= 15 is 0 Å². The van der Waals surface area contributed by atoms with Crippen LogP contribution in [0, 0.1) is 11.3 Å². The Morgan fingerprint density at radius 2 is 1.96 bits per heavy atom. The number of nitriles is 1. The molecular formula is C19H14ClF2NO3. The zero-order valence-electron chi connectivity index (χ0n) is 13.7. The lowest BCUT2D eigenvalue weighted by atomic mass is 10.0. The average Bonchev–Trinajstić information content (AvgIpc) is 2.62. The first kappa shape index (κ1) is 19.4. The summed E-state index contributed by atoms with van der Waals surface area (Å²) in [6.07, 6.45) is 1.19. The number of hydrogen-bond acceptors (Lipinski definition) is 4. The van der Waals surface area contributed by atoms with Gasteiger partial charge in [-0.05, 0) is 43.3 Å². The van der Waals surface area contributed by atoms with E-state index in [1.54, 1.807) is 19.1 Å². The van der Waals surface area contributed by atoms with Crippen LogP contribution in [-0.4, -0.2) is 19.0 Å². The highest BCUT2D eigenvalue weighted by atomic mass is 35.5. The molecule has 0 bridgehead atoms. The van der Waals surface area contributed by atoms with Gasteiger partial charge in [0.05, 0.1) is 6.61 Å². The summed E-state index contributed by atoms with van der Waals surface area (Å²) in [6.45, 7) is -1.15. The third-order valence-electron chi connectivity index (χ3n) is 3.29. The van der Waals surface area contributed by atoms with Crippen LogP contribution >= 0.6 is 11.6 Å². The Morgan fingerprint density at radius 1 is 1.27 bits per heavy atom. The second-order valence-electron chi connectivity index (χ2n) is 4.99. The number of hydrogen-bond donors (Lipinski definition) is 0. The van der Waals surface area contributed by atoms with Crippen molar-refractivity contribution in [3.8, 4) is 17.6 Å². The van der Waals surface area contributed by atoms with Gasteiger partial charge in [0.1, 0.15) is 11.6 Å². The van der Waals surface area contributed by atoms with Crippen LogP contribution < -0.4 is 9.47 Å². The van der Waals surface area contributed by atoms with Crippen molar-refractivity contribution in [3.05, 3.63) is 64.2 Å². The Balaban J connectivity index is 2.47. The van der Waals surface area contributed by atoms with Crippen LogP contribution in [0.4, 0.5) is 8.78 Å². The van der Waals surface area contributed by atoms with Crippen LogP contribution in [0.15, 0.2) is 48.0 Å². The molecule has 0 fully saturated rings. The van der Waals surface area contributed by atoms with Gasteiger partial charge in [-0.25, -0.2) is 0 Å². The third kappa shape index (κ3) is 4.80. The highest BCUT2D eigenvalue weighted by molar-refractivity contribution is 6.30. The van der Waals surface area contributed by atoms with Crippen molar-refractivity contribution in [2.75, 3.05) is 6.61 Å². The van der Waals surface area contributed by atoms with Gasteiger partial charge in [0.15, 0.2) is 11.5 Å². The lowest BCUT2D eigenvalue weighted by Gasteiger charge is -2.13. The van der Waals surface area contributed by atoms with Gasteiger partial charge in [0.2, 0.25) is 5.78 Å². The number of allylic oxidation sites excluding steroid dienone is 1. The number of para-hydroxylation sites is 1. The maximum Gasteiger partial charge on any atom is 0.387 e. The Morgan fingerprint density at radius 3 is 2.54 bits per heavy atom. The Labute approximate surface area is 154 Å². The van der Waals surface area contributed by atoms with Crippen molar-refractivity contribution < 1.29 is 23.0 Å². The van der Waals surface area contributed by atoms with Crippen LogP contribution in [0.3, 0.4) is 0 Å². The van der Waals surface area contributed by atoms with E-state index in [0.717, 1.165) is 0 Å². The van der Waals surface area contributed by atoms with E-state index in [9.17, 15) is 18.8 Å². The van der Waals surface area contributed by atoms with Gasteiger partial charge in [-0.3, -0.25) is 4.79 Å². The molecule has 26 heavy (non-hydrogen) atoms. The van der Waals surface area contributed by atoms with Gasteiger partial charge in [-0.1, -0.05) is 23.7 Å². The molecule has 0 aliphatic heterocycles. The predicted molar refractivity (Wildman–Crippen MR) is 93.6 cm³/mol. The summed E-state index contributed by atoms with van der Waals surface area (Å²) in [5.74, 6) is -0.701. The van der Waals surface area contributed by atoms with Crippen molar-refractivity contribution >= 4 is 23.5 Å². The monoisotopic (exact) mass is 377 g/mol.